The molecular weight excluding hydrogens is 526 g/mol. The molecule has 0 radical (unpaired) electrons. The Morgan fingerprint density at radius 1 is 1.05 bits per heavy atom. The molecule has 2 atom stereocenters. The van der Waals surface area contributed by atoms with Crippen molar-refractivity contribution in [2.75, 3.05) is 13.2 Å². The molecule has 2 N–H and O–H groups in total. The van der Waals surface area contributed by atoms with E-state index in [1.54, 1.807) is 53.4 Å². The van der Waals surface area contributed by atoms with E-state index in [9.17, 15) is 14.7 Å². The molecular formula is C32H28ClN3O4. The van der Waals surface area contributed by atoms with Crippen LogP contribution in [0.15, 0.2) is 89.3 Å². The summed E-state index contributed by atoms with van der Waals surface area (Å²) < 4.78 is 5.62. The highest BCUT2D eigenvalue weighted by atomic mass is 35.5. The van der Waals surface area contributed by atoms with Crippen LogP contribution in [0.1, 0.15) is 50.9 Å². The number of hydrogen-bond acceptors (Lipinski definition) is 4. The SMILES string of the molecule is [C-]#[N+]c1ccccc1-c1cc(C(=O)N[C@H](CO)Cc2ccccc2)cc(C(=O)N2CCCC2c2ccc(Cl)o2)c1. The summed E-state index contributed by atoms with van der Waals surface area (Å²) >= 11 is 6.00. The molecule has 8 heteroatoms. The van der Waals surface area contributed by atoms with E-state index in [2.05, 4.69) is 10.2 Å². The molecule has 1 aromatic heterocycles. The Morgan fingerprint density at radius 2 is 1.80 bits per heavy atom. The van der Waals surface area contributed by atoms with Gasteiger partial charge in [-0.25, -0.2) is 4.85 Å². The Balaban J connectivity index is 1.50. The van der Waals surface area contributed by atoms with Gasteiger partial charge in [0.05, 0.1) is 25.3 Å². The molecule has 1 aliphatic rings. The number of carbonyl (C=O) groups is 2. The Morgan fingerprint density at radius 3 is 2.52 bits per heavy atom. The molecule has 0 saturated carbocycles. The second-order valence-corrected chi connectivity index (χ2v) is 10.1. The number of rotatable bonds is 8. The molecule has 1 saturated heterocycles. The highest BCUT2D eigenvalue weighted by Crippen LogP contribution is 2.36. The first-order chi connectivity index (χ1) is 19.5. The maximum atomic E-state index is 13.9. The first-order valence-corrected chi connectivity index (χ1v) is 13.5. The van der Waals surface area contributed by atoms with Gasteiger partial charge >= 0.3 is 0 Å². The number of aliphatic hydroxyl groups excluding tert-OH is 1. The molecule has 5 rings (SSSR count). The zero-order chi connectivity index (χ0) is 28.1. The van der Waals surface area contributed by atoms with Gasteiger partial charge in [0.15, 0.2) is 10.9 Å². The van der Waals surface area contributed by atoms with Crippen molar-refractivity contribution in [2.45, 2.75) is 31.3 Å². The number of para-hydroxylation sites is 1. The van der Waals surface area contributed by atoms with Crippen LogP contribution in [-0.4, -0.2) is 41.0 Å². The van der Waals surface area contributed by atoms with Crippen LogP contribution in [0.25, 0.3) is 16.0 Å². The van der Waals surface area contributed by atoms with Crippen molar-refractivity contribution in [1.29, 1.82) is 0 Å². The van der Waals surface area contributed by atoms with Crippen molar-refractivity contribution >= 4 is 29.1 Å². The third-order valence-corrected chi connectivity index (χ3v) is 7.30. The van der Waals surface area contributed by atoms with Crippen LogP contribution in [-0.2, 0) is 6.42 Å². The predicted octanol–water partition coefficient (Wildman–Crippen LogP) is 6.46. The van der Waals surface area contributed by atoms with E-state index in [0.717, 1.165) is 18.4 Å². The van der Waals surface area contributed by atoms with E-state index >= 15 is 0 Å². The molecule has 202 valence electrons. The monoisotopic (exact) mass is 553 g/mol. The molecule has 2 amide bonds. The molecule has 7 nitrogen and oxygen atoms in total. The molecule has 3 aromatic carbocycles. The number of nitrogens with one attached hydrogen (secondary N) is 1. The van der Waals surface area contributed by atoms with Gasteiger partial charge < -0.3 is 19.7 Å². The fourth-order valence-electron chi connectivity index (χ4n) is 5.16. The van der Waals surface area contributed by atoms with E-state index < -0.39 is 11.9 Å². The van der Waals surface area contributed by atoms with E-state index in [1.807, 2.05) is 36.4 Å². The number of benzene rings is 3. The maximum absolute atomic E-state index is 13.9. The smallest absolute Gasteiger partial charge is 0.254 e. The van der Waals surface area contributed by atoms with Gasteiger partial charge in [-0.3, -0.25) is 9.59 Å². The van der Waals surface area contributed by atoms with Gasteiger partial charge in [0.1, 0.15) is 5.76 Å². The van der Waals surface area contributed by atoms with Gasteiger partial charge in [-0.15, -0.1) is 0 Å². The Labute approximate surface area is 237 Å². The van der Waals surface area contributed by atoms with Gasteiger partial charge in [0.2, 0.25) is 0 Å². The van der Waals surface area contributed by atoms with E-state index in [0.29, 0.717) is 41.1 Å². The number of halogens is 1. The number of amides is 2. The zero-order valence-electron chi connectivity index (χ0n) is 21.7. The lowest BCUT2D eigenvalue weighted by molar-refractivity contribution is 0.0720. The topological polar surface area (TPSA) is 87.1 Å². The van der Waals surface area contributed by atoms with Gasteiger partial charge in [-0.1, -0.05) is 54.6 Å². The number of carbonyl (C=O) groups excluding carboxylic acids is 2. The fraction of sp³-hybridized carbons (Fsp3) is 0.219. The van der Waals surface area contributed by atoms with E-state index in [4.69, 9.17) is 22.6 Å². The molecule has 0 bridgehead atoms. The molecule has 1 aliphatic heterocycles. The summed E-state index contributed by atoms with van der Waals surface area (Å²) in [6, 6.07) is 24.3. The molecule has 40 heavy (non-hydrogen) atoms. The molecule has 4 aromatic rings. The van der Waals surface area contributed by atoms with Crippen molar-refractivity contribution in [3.63, 3.8) is 0 Å². The van der Waals surface area contributed by atoms with Gasteiger partial charge in [0.25, 0.3) is 11.8 Å². The maximum Gasteiger partial charge on any atom is 0.254 e. The third-order valence-electron chi connectivity index (χ3n) is 7.09. The summed E-state index contributed by atoms with van der Waals surface area (Å²) in [5, 5.41) is 13.2. The van der Waals surface area contributed by atoms with Gasteiger partial charge in [-0.05, 0) is 77.9 Å². The van der Waals surface area contributed by atoms with Crippen LogP contribution in [0, 0.1) is 6.57 Å². The first kappa shape index (κ1) is 27.2. The number of aliphatic hydroxyl groups is 1. The summed E-state index contributed by atoms with van der Waals surface area (Å²) in [6.45, 7) is 7.91. The number of furan rings is 1. The second-order valence-electron chi connectivity index (χ2n) is 9.77. The number of likely N-dealkylation sites (tertiary alicyclic amines) is 1. The largest absolute Gasteiger partial charge is 0.448 e. The summed E-state index contributed by atoms with van der Waals surface area (Å²) in [6.07, 6.45) is 2.00. The minimum Gasteiger partial charge on any atom is -0.448 e. The van der Waals surface area contributed by atoms with Crippen LogP contribution in [0.4, 0.5) is 5.69 Å². The average Bonchev–Trinajstić information content (AvgIpc) is 3.65. The summed E-state index contributed by atoms with van der Waals surface area (Å²) in [7, 11) is 0. The van der Waals surface area contributed by atoms with Crippen LogP contribution >= 0.6 is 11.6 Å². The zero-order valence-corrected chi connectivity index (χ0v) is 22.5. The van der Waals surface area contributed by atoms with Gasteiger partial charge in [-0.2, -0.15) is 0 Å². The second kappa shape index (κ2) is 12.2. The van der Waals surface area contributed by atoms with Crippen molar-refractivity contribution in [1.82, 2.24) is 10.2 Å². The van der Waals surface area contributed by atoms with Crippen LogP contribution < -0.4 is 5.32 Å². The summed E-state index contributed by atoms with van der Waals surface area (Å²) in [5.41, 5.74) is 3.21. The van der Waals surface area contributed by atoms with Crippen molar-refractivity contribution in [2.24, 2.45) is 0 Å². The van der Waals surface area contributed by atoms with E-state index in [1.165, 1.54) is 0 Å². The Hall–Kier alpha value is -4.38. The Bertz CT molecular complexity index is 1560. The standard InChI is InChI=1S/C32H28ClN3O4/c1-34-27-11-6-5-10-26(27)22-17-23(31(38)35-25(20-37)16-21-8-3-2-4-9-21)19-24(18-22)32(39)36-15-7-12-28(36)29-13-14-30(33)40-29/h2-6,8-11,13-14,17-19,25,28,37H,7,12,15-16,20H2,(H,35,38)/t25-,28?/m0/s1. The van der Waals surface area contributed by atoms with E-state index in [-0.39, 0.29) is 29.3 Å². The van der Waals surface area contributed by atoms with Crippen LogP contribution in [0.3, 0.4) is 0 Å². The number of nitrogens with zero attached hydrogens (tertiary/aromatic N) is 2. The molecule has 2 heterocycles. The van der Waals surface area contributed by atoms with Crippen LogP contribution in [0.5, 0.6) is 0 Å². The highest BCUT2D eigenvalue weighted by Gasteiger charge is 2.33. The van der Waals surface area contributed by atoms with Gasteiger partial charge in [0, 0.05) is 17.7 Å². The highest BCUT2D eigenvalue weighted by molar-refractivity contribution is 6.28. The summed E-state index contributed by atoms with van der Waals surface area (Å²) in [5.74, 6) is -0.0359. The normalized spacial score (nSPS) is 15.4. The lowest BCUT2D eigenvalue weighted by Gasteiger charge is -2.24. The first-order valence-electron chi connectivity index (χ1n) is 13.1. The summed E-state index contributed by atoms with van der Waals surface area (Å²) in [4.78, 5) is 32.7. The fourth-order valence-corrected chi connectivity index (χ4v) is 5.31. The minimum absolute atomic E-state index is 0.241. The molecule has 0 spiro atoms. The molecule has 0 aliphatic carbocycles. The lowest BCUT2D eigenvalue weighted by atomic mass is 9.97. The predicted molar refractivity (Wildman–Crippen MR) is 153 cm³/mol. The van der Waals surface area contributed by atoms with Crippen LogP contribution in [0.2, 0.25) is 5.22 Å². The number of hydrogen-bond donors (Lipinski definition) is 2. The van der Waals surface area contributed by atoms with Crippen molar-refractivity contribution < 1.29 is 19.1 Å². The third kappa shape index (κ3) is 5.94. The minimum atomic E-state index is -0.514. The van der Waals surface area contributed by atoms with Crippen molar-refractivity contribution in [3.8, 4) is 11.1 Å². The molecule has 1 unspecified atom stereocenters. The lowest BCUT2D eigenvalue weighted by Crippen LogP contribution is -2.39. The van der Waals surface area contributed by atoms with Crippen molar-refractivity contribution in [3.05, 3.63) is 124 Å². The average molecular weight is 554 g/mol. The molecule has 1 fully saturated rings. The Kier molecular flexibility index (Phi) is 8.30. The quantitative estimate of drug-likeness (QED) is 0.245.